The second kappa shape index (κ2) is 5.04. The molecule has 98 valence electrons. The summed E-state index contributed by atoms with van der Waals surface area (Å²) in [5.41, 5.74) is 0.864. The van der Waals surface area contributed by atoms with Gasteiger partial charge >= 0.3 is 0 Å². The van der Waals surface area contributed by atoms with Gasteiger partial charge in [-0.15, -0.1) is 0 Å². The van der Waals surface area contributed by atoms with E-state index in [1.807, 2.05) is 0 Å². The molecule has 2 N–H and O–H groups in total. The number of nitrogens with one attached hydrogen (secondary N) is 1. The average Bonchev–Trinajstić information content (AvgIpc) is 2.87. The molecular formula is C13H18N2O3. The molecule has 0 aromatic heterocycles. The number of benzene rings is 1. The van der Waals surface area contributed by atoms with Gasteiger partial charge in [0.15, 0.2) is 11.5 Å². The molecule has 1 saturated heterocycles. The van der Waals surface area contributed by atoms with Crippen LogP contribution in [0.15, 0.2) is 12.1 Å². The molecule has 2 aliphatic rings. The van der Waals surface area contributed by atoms with Gasteiger partial charge in [-0.1, -0.05) is 0 Å². The third-order valence-electron chi connectivity index (χ3n) is 3.50. The minimum absolute atomic E-state index is 0.249. The molecule has 2 heterocycles. The highest BCUT2D eigenvalue weighted by Gasteiger charge is 2.21. The molecule has 0 bridgehead atoms. The summed E-state index contributed by atoms with van der Waals surface area (Å²) in [7, 11) is 0. The lowest BCUT2D eigenvalue weighted by molar-refractivity contribution is 0.172. The predicted octanol–water partition coefficient (Wildman–Crippen LogP) is 0.569. The summed E-state index contributed by atoms with van der Waals surface area (Å²) in [5.74, 6) is 1.75. The molecule has 0 spiro atoms. The van der Waals surface area contributed by atoms with Gasteiger partial charge in [0.05, 0.1) is 0 Å². The third-order valence-corrected chi connectivity index (χ3v) is 3.50. The molecule has 1 fully saturated rings. The normalized spacial score (nSPS) is 19.1. The number of hydrogen-bond donors (Lipinski definition) is 2. The van der Waals surface area contributed by atoms with Crippen LogP contribution in [-0.4, -0.2) is 49.5 Å². The van der Waals surface area contributed by atoms with E-state index in [9.17, 15) is 5.11 Å². The number of fused-ring (bicyclic) bond motifs is 1. The molecule has 0 aliphatic carbocycles. The van der Waals surface area contributed by atoms with E-state index in [0.717, 1.165) is 50.5 Å². The summed E-state index contributed by atoms with van der Waals surface area (Å²) >= 11 is 0. The monoisotopic (exact) mass is 250 g/mol. The minimum Gasteiger partial charge on any atom is -0.508 e. The molecule has 1 aromatic rings. The third kappa shape index (κ3) is 2.23. The fourth-order valence-corrected chi connectivity index (χ4v) is 2.47. The van der Waals surface area contributed by atoms with Crippen molar-refractivity contribution in [2.45, 2.75) is 6.42 Å². The molecule has 0 atom stereocenters. The van der Waals surface area contributed by atoms with E-state index in [0.29, 0.717) is 11.5 Å². The molecule has 18 heavy (non-hydrogen) atoms. The van der Waals surface area contributed by atoms with Crippen molar-refractivity contribution in [2.24, 2.45) is 0 Å². The van der Waals surface area contributed by atoms with Gasteiger partial charge in [-0.3, -0.25) is 0 Å². The van der Waals surface area contributed by atoms with Gasteiger partial charge in [0.25, 0.3) is 0 Å². The van der Waals surface area contributed by atoms with Crippen molar-refractivity contribution >= 4 is 0 Å². The highest BCUT2D eigenvalue weighted by atomic mass is 16.7. The Kier molecular flexibility index (Phi) is 3.25. The largest absolute Gasteiger partial charge is 0.508 e. The van der Waals surface area contributed by atoms with Crippen molar-refractivity contribution in [2.75, 3.05) is 39.5 Å². The van der Waals surface area contributed by atoms with Gasteiger partial charge in [0.2, 0.25) is 6.79 Å². The molecule has 0 amide bonds. The zero-order chi connectivity index (χ0) is 12.4. The number of piperazine rings is 1. The Hall–Kier alpha value is -1.46. The Labute approximate surface area is 106 Å². The first-order chi connectivity index (χ1) is 8.84. The van der Waals surface area contributed by atoms with Crippen LogP contribution >= 0.6 is 0 Å². The molecule has 0 unspecified atom stereocenters. The van der Waals surface area contributed by atoms with Crippen LogP contribution in [0.2, 0.25) is 0 Å². The maximum atomic E-state index is 9.94. The molecule has 0 radical (unpaired) electrons. The lowest BCUT2D eigenvalue weighted by Crippen LogP contribution is -2.44. The lowest BCUT2D eigenvalue weighted by Gasteiger charge is -2.27. The topological polar surface area (TPSA) is 54.0 Å². The maximum absolute atomic E-state index is 9.94. The van der Waals surface area contributed by atoms with Crippen molar-refractivity contribution in [3.05, 3.63) is 17.7 Å². The van der Waals surface area contributed by atoms with Crippen LogP contribution in [0.5, 0.6) is 17.2 Å². The van der Waals surface area contributed by atoms with Crippen molar-refractivity contribution in [1.82, 2.24) is 10.2 Å². The van der Waals surface area contributed by atoms with Crippen LogP contribution in [0.3, 0.4) is 0 Å². The van der Waals surface area contributed by atoms with Crippen LogP contribution in [-0.2, 0) is 6.42 Å². The standard InChI is InChI=1S/C13H18N2O3/c16-11-1-2-12-13(18-9-17-12)10(11)3-6-15-7-4-14-5-8-15/h1-2,14,16H,3-9H2. The van der Waals surface area contributed by atoms with Gasteiger partial charge < -0.3 is 24.8 Å². The first-order valence-corrected chi connectivity index (χ1v) is 6.38. The van der Waals surface area contributed by atoms with E-state index in [1.54, 1.807) is 12.1 Å². The molecule has 0 saturated carbocycles. The molecule has 1 aromatic carbocycles. The molecule has 2 aliphatic heterocycles. The van der Waals surface area contributed by atoms with Gasteiger partial charge in [0, 0.05) is 38.3 Å². The summed E-state index contributed by atoms with van der Waals surface area (Å²) in [6, 6.07) is 3.44. The fourth-order valence-electron chi connectivity index (χ4n) is 2.47. The van der Waals surface area contributed by atoms with Crippen LogP contribution in [0.1, 0.15) is 5.56 Å². The molecular weight excluding hydrogens is 232 g/mol. The summed E-state index contributed by atoms with van der Waals surface area (Å²) in [5, 5.41) is 13.3. The van der Waals surface area contributed by atoms with Crippen LogP contribution < -0.4 is 14.8 Å². The molecule has 3 rings (SSSR count). The van der Waals surface area contributed by atoms with Gasteiger partial charge in [-0.25, -0.2) is 0 Å². The maximum Gasteiger partial charge on any atom is 0.231 e. The second-order valence-electron chi connectivity index (χ2n) is 4.64. The predicted molar refractivity (Wildman–Crippen MR) is 67.2 cm³/mol. The molecule has 5 nitrogen and oxygen atoms in total. The van der Waals surface area contributed by atoms with E-state index in [-0.39, 0.29) is 6.79 Å². The van der Waals surface area contributed by atoms with E-state index < -0.39 is 0 Å². The van der Waals surface area contributed by atoms with E-state index in [4.69, 9.17) is 9.47 Å². The van der Waals surface area contributed by atoms with Crippen molar-refractivity contribution in [3.63, 3.8) is 0 Å². The Bertz CT molecular complexity index is 430. The highest BCUT2D eigenvalue weighted by molar-refractivity contribution is 5.54. The number of aromatic hydroxyl groups is 1. The Balaban J connectivity index is 1.70. The van der Waals surface area contributed by atoms with Crippen LogP contribution in [0.25, 0.3) is 0 Å². The SMILES string of the molecule is Oc1ccc2c(c1CCN1CCNCC1)OCO2. The summed E-state index contributed by atoms with van der Waals surface area (Å²) in [6.07, 6.45) is 0.790. The Morgan fingerprint density at radius 1 is 1.22 bits per heavy atom. The number of rotatable bonds is 3. The number of ether oxygens (including phenoxy) is 2. The Morgan fingerprint density at radius 2 is 2.06 bits per heavy atom. The summed E-state index contributed by atoms with van der Waals surface area (Å²) in [6.45, 7) is 5.39. The lowest BCUT2D eigenvalue weighted by atomic mass is 10.1. The van der Waals surface area contributed by atoms with Crippen LogP contribution in [0.4, 0.5) is 0 Å². The summed E-state index contributed by atoms with van der Waals surface area (Å²) < 4.78 is 10.8. The minimum atomic E-state index is 0.249. The van der Waals surface area contributed by atoms with E-state index in [1.165, 1.54) is 0 Å². The summed E-state index contributed by atoms with van der Waals surface area (Å²) in [4.78, 5) is 2.39. The highest BCUT2D eigenvalue weighted by Crippen LogP contribution is 2.40. The van der Waals surface area contributed by atoms with E-state index >= 15 is 0 Å². The smallest absolute Gasteiger partial charge is 0.231 e. The number of hydrogen-bond acceptors (Lipinski definition) is 5. The van der Waals surface area contributed by atoms with Gasteiger partial charge in [0.1, 0.15) is 5.75 Å². The number of nitrogens with zero attached hydrogens (tertiary/aromatic N) is 1. The van der Waals surface area contributed by atoms with Crippen molar-refractivity contribution < 1.29 is 14.6 Å². The first-order valence-electron chi connectivity index (χ1n) is 6.38. The fraction of sp³-hybridized carbons (Fsp3) is 0.538. The average molecular weight is 250 g/mol. The first kappa shape index (κ1) is 11.6. The quantitative estimate of drug-likeness (QED) is 0.821. The zero-order valence-electron chi connectivity index (χ0n) is 10.3. The Morgan fingerprint density at radius 3 is 2.89 bits per heavy atom. The zero-order valence-corrected chi connectivity index (χ0v) is 10.3. The number of phenolic OH excluding ortho intramolecular Hbond substituents is 1. The van der Waals surface area contributed by atoms with Crippen LogP contribution in [0, 0.1) is 0 Å². The molecule has 5 heteroatoms. The van der Waals surface area contributed by atoms with E-state index in [2.05, 4.69) is 10.2 Å². The van der Waals surface area contributed by atoms with Crippen molar-refractivity contribution in [3.8, 4) is 17.2 Å². The van der Waals surface area contributed by atoms with Gasteiger partial charge in [-0.05, 0) is 18.6 Å². The van der Waals surface area contributed by atoms with Crippen molar-refractivity contribution in [1.29, 1.82) is 0 Å². The number of phenols is 1. The van der Waals surface area contributed by atoms with Gasteiger partial charge in [-0.2, -0.15) is 0 Å². The second-order valence-corrected chi connectivity index (χ2v) is 4.64.